The van der Waals surface area contributed by atoms with E-state index in [9.17, 15) is 4.79 Å². The minimum Gasteiger partial charge on any atom is -0.356 e. The number of anilines is 1. The van der Waals surface area contributed by atoms with Crippen LogP contribution >= 0.6 is 15.9 Å². The van der Waals surface area contributed by atoms with E-state index in [0.717, 1.165) is 52.9 Å². The number of hydrogen-bond donors (Lipinski definition) is 0. The van der Waals surface area contributed by atoms with Crippen molar-refractivity contribution in [3.8, 4) is 0 Å². The largest absolute Gasteiger partial charge is 0.356 e. The van der Waals surface area contributed by atoms with Gasteiger partial charge in [-0.25, -0.2) is 4.98 Å². The second-order valence-corrected chi connectivity index (χ2v) is 8.56. The van der Waals surface area contributed by atoms with Crippen LogP contribution in [-0.2, 0) is 7.05 Å². The average Bonchev–Trinajstić information content (AvgIpc) is 3.34. The molecule has 5 nitrogen and oxygen atoms in total. The van der Waals surface area contributed by atoms with Crippen molar-refractivity contribution < 1.29 is 4.79 Å². The highest BCUT2D eigenvalue weighted by Gasteiger charge is 2.42. The molecule has 2 aliphatic rings. The van der Waals surface area contributed by atoms with Gasteiger partial charge in [0, 0.05) is 72.8 Å². The number of aromatic nitrogens is 2. The molecule has 2 saturated heterocycles. The summed E-state index contributed by atoms with van der Waals surface area (Å²) in [5, 5.41) is 1.04. The van der Waals surface area contributed by atoms with E-state index in [1.54, 1.807) is 0 Å². The molecular formula is C21H21BrN4O. The molecule has 6 heteroatoms. The van der Waals surface area contributed by atoms with E-state index < -0.39 is 0 Å². The molecular weight excluding hydrogens is 404 g/mol. The van der Waals surface area contributed by atoms with Crippen LogP contribution in [0.25, 0.3) is 10.9 Å². The fourth-order valence-corrected chi connectivity index (χ4v) is 4.82. The highest BCUT2D eigenvalue weighted by Crippen LogP contribution is 2.35. The average molecular weight is 425 g/mol. The summed E-state index contributed by atoms with van der Waals surface area (Å²) in [6.07, 6.45) is 3.82. The number of carbonyl (C=O) groups excluding carboxylic acids is 1. The normalized spacial score (nSPS) is 21.9. The Labute approximate surface area is 166 Å². The summed E-state index contributed by atoms with van der Waals surface area (Å²) in [5.41, 5.74) is 1.92. The summed E-state index contributed by atoms with van der Waals surface area (Å²) in [5.74, 6) is 2.23. The number of pyridine rings is 1. The van der Waals surface area contributed by atoms with E-state index in [-0.39, 0.29) is 5.91 Å². The fraction of sp³-hybridized carbons (Fsp3) is 0.333. The van der Waals surface area contributed by atoms with Gasteiger partial charge in [0.05, 0.1) is 5.56 Å². The standard InChI is InChI=1S/C21H21BrN4O/c1-24-13-18(17-4-2-3-5-19(17)24)21(27)26-11-14-9-25(10-15(14)12-26)20-7-6-16(22)8-23-20/h2-8,13-15H,9-12H2,1H3. The first kappa shape index (κ1) is 16.8. The smallest absolute Gasteiger partial charge is 0.256 e. The van der Waals surface area contributed by atoms with Crippen LogP contribution in [0.2, 0.25) is 0 Å². The van der Waals surface area contributed by atoms with E-state index in [1.807, 2.05) is 53.2 Å². The quantitative estimate of drug-likeness (QED) is 0.631. The maximum atomic E-state index is 13.2. The first-order chi connectivity index (χ1) is 13.1. The Morgan fingerprint density at radius 3 is 2.52 bits per heavy atom. The third-order valence-corrected chi connectivity index (χ3v) is 6.41. The zero-order chi connectivity index (χ0) is 18.5. The van der Waals surface area contributed by atoms with Crippen molar-refractivity contribution in [3.05, 3.63) is 58.8 Å². The molecule has 1 amide bonds. The number of amides is 1. The number of halogens is 1. The minimum absolute atomic E-state index is 0.162. The Bertz CT molecular complexity index is 999. The molecule has 4 heterocycles. The van der Waals surface area contributed by atoms with Crippen molar-refractivity contribution in [2.45, 2.75) is 0 Å². The molecule has 2 aliphatic heterocycles. The molecule has 138 valence electrons. The fourth-order valence-electron chi connectivity index (χ4n) is 4.58. The van der Waals surface area contributed by atoms with Crippen LogP contribution in [0.15, 0.2) is 53.3 Å². The SMILES string of the molecule is Cn1cc(C(=O)N2CC3CN(c4ccc(Br)cn4)CC3C2)c2ccccc21. The zero-order valence-corrected chi connectivity index (χ0v) is 16.8. The summed E-state index contributed by atoms with van der Waals surface area (Å²) in [6.45, 7) is 3.61. The van der Waals surface area contributed by atoms with Crippen molar-refractivity contribution in [2.75, 3.05) is 31.1 Å². The lowest BCUT2D eigenvalue weighted by atomic mass is 10.0. The number of rotatable bonds is 2. The monoisotopic (exact) mass is 424 g/mol. The Kier molecular flexibility index (Phi) is 3.97. The summed E-state index contributed by atoms with van der Waals surface area (Å²) in [7, 11) is 2.00. The first-order valence-electron chi connectivity index (χ1n) is 9.30. The van der Waals surface area contributed by atoms with Gasteiger partial charge in [-0.15, -0.1) is 0 Å². The van der Waals surface area contributed by atoms with Gasteiger partial charge < -0.3 is 14.4 Å². The van der Waals surface area contributed by atoms with Crippen LogP contribution < -0.4 is 4.90 Å². The van der Waals surface area contributed by atoms with Gasteiger partial charge in [0.2, 0.25) is 0 Å². The van der Waals surface area contributed by atoms with E-state index in [4.69, 9.17) is 0 Å². The van der Waals surface area contributed by atoms with Crippen LogP contribution in [-0.4, -0.2) is 46.5 Å². The first-order valence-corrected chi connectivity index (χ1v) is 10.1. The summed E-state index contributed by atoms with van der Waals surface area (Å²) >= 11 is 3.44. The molecule has 0 spiro atoms. The Morgan fingerprint density at radius 2 is 1.81 bits per heavy atom. The molecule has 0 aliphatic carbocycles. The lowest BCUT2D eigenvalue weighted by Crippen LogP contribution is -2.33. The highest BCUT2D eigenvalue weighted by molar-refractivity contribution is 9.10. The molecule has 2 fully saturated rings. The summed E-state index contributed by atoms with van der Waals surface area (Å²) in [4.78, 5) is 22.1. The van der Waals surface area contributed by atoms with Crippen LogP contribution in [0.3, 0.4) is 0 Å². The van der Waals surface area contributed by atoms with E-state index >= 15 is 0 Å². The maximum absolute atomic E-state index is 13.2. The number of carbonyl (C=O) groups is 1. The number of benzene rings is 1. The van der Waals surface area contributed by atoms with Crippen molar-refractivity contribution in [1.29, 1.82) is 0 Å². The maximum Gasteiger partial charge on any atom is 0.256 e. The number of nitrogens with zero attached hydrogens (tertiary/aromatic N) is 4. The van der Waals surface area contributed by atoms with Crippen molar-refractivity contribution in [3.63, 3.8) is 0 Å². The number of fused-ring (bicyclic) bond motifs is 2. The lowest BCUT2D eigenvalue weighted by molar-refractivity contribution is 0.0784. The van der Waals surface area contributed by atoms with Crippen molar-refractivity contribution in [1.82, 2.24) is 14.5 Å². The second kappa shape index (κ2) is 6.37. The third-order valence-electron chi connectivity index (χ3n) is 5.94. The Balaban J connectivity index is 1.32. The number of para-hydroxylation sites is 1. The molecule has 0 saturated carbocycles. The molecule has 5 rings (SSSR count). The topological polar surface area (TPSA) is 41.4 Å². The van der Waals surface area contributed by atoms with Gasteiger partial charge in [-0.2, -0.15) is 0 Å². The molecule has 2 aromatic heterocycles. The van der Waals surface area contributed by atoms with Gasteiger partial charge in [0.25, 0.3) is 5.91 Å². The number of hydrogen-bond acceptors (Lipinski definition) is 3. The van der Waals surface area contributed by atoms with E-state index in [1.165, 1.54) is 0 Å². The van der Waals surface area contributed by atoms with Crippen LogP contribution in [0, 0.1) is 11.8 Å². The van der Waals surface area contributed by atoms with E-state index in [2.05, 4.69) is 37.9 Å². The molecule has 0 N–H and O–H groups in total. The number of aryl methyl sites for hydroxylation is 1. The predicted molar refractivity (Wildman–Crippen MR) is 110 cm³/mol. The molecule has 2 atom stereocenters. The van der Waals surface area contributed by atoms with Gasteiger partial charge in [0.15, 0.2) is 0 Å². The Morgan fingerprint density at radius 1 is 1.07 bits per heavy atom. The molecule has 1 aromatic carbocycles. The summed E-state index contributed by atoms with van der Waals surface area (Å²) in [6, 6.07) is 12.2. The van der Waals surface area contributed by atoms with E-state index in [0.29, 0.717) is 11.8 Å². The zero-order valence-electron chi connectivity index (χ0n) is 15.2. The summed E-state index contributed by atoms with van der Waals surface area (Å²) < 4.78 is 3.04. The minimum atomic E-state index is 0.162. The molecule has 0 bridgehead atoms. The van der Waals surface area contributed by atoms with Crippen LogP contribution in [0.5, 0.6) is 0 Å². The molecule has 3 aromatic rings. The second-order valence-electron chi connectivity index (χ2n) is 7.64. The number of likely N-dealkylation sites (tertiary alicyclic amines) is 1. The van der Waals surface area contributed by atoms with Crippen LogP contribution in [0.4, 0.5) is 5.82 Å². The molecule has 27 heavy (non-hydrogen) atoms. The molecule has 2 unspecified atom stereocenters. The van der Waals surface area contributed by atoms with Gasteiger partial charge in [-0.3, -0.25) is 4.79 Å². The molecule has 0 radical (unpaired) electrons. The highest BCUT2D eigenvalue weighted by atomic mass is 79.9. The van der Waals surface area contributed by atoms with Gasteiger partial charge in [-0.1, -0.05) is 18.2 Å². The van der Waals surface area contributed by atoms with Gasteiger partial charge in [-0.05, 0) is 34.1 Å². The lowest BCUT2D eigenvalue weighted by Gasteiger charge is -2.22. The van der Waals surface area contributed by atoms with Gasteiger partial charge >= 0.3 is 0 Å². The van der Waals surface area contributed by atoms with Gasteiger partial charge in [0.1, 0.15) is 5.82 Å². The van der Waals surface area contributed by atoms with Crippen molar-refractivity contribution >= 4 is 38.6 Å². The predicted octanol–water partition coefficient (Wildman–Crippen LogP) is 3.54. The van der Waals surface area contributed by atoms with Crippen LogP contribution in [0.1, 0.15) is 10.4 Å². The third kappa shape index (κ3) is 2.83. The van der Waals surface area contributed by atoms with Crippen molar-refractivity contribution in [2.24, 2.45) is 18.9 Å². The Hall–Kier alpha value is -2.34.